The van der Waals surface area contributed by atoms with E-state index < -0.39 is 0 Å². The number of benzene rings is 2. The number of rotatable bonds is 2. The van der Waals surface area contributed by atoms with Gasteiger partial charge in [-0.25, -0.2) is 0 Å². The van der Waals surface area contributed by atoms with Gasteiger partial charge in [-0.1, -0.05) is 24.3 Å². The van der Waals surface area contributed by atoms with Crippen LogP contribution in [-0.4, -0.2) is 11.4 Å². The van der Waals surface area contributed by atoms with Crippen LogP contribution in [0.5, 0.6) is 5.75 Å². The maximum atomic E-state index is 10.9. The molecule has 0 aromatic heterocycles. The minimum atomic E-state index is -0.119. The van der Waals surface area contributed by atoms with E-state index in [1.165, 1.54) is 0 Å². The maximum Gasteiger partial charge on any atom is 0.154 e. The van der Waals surface area contributed by atoms with E-state index in [9.17, 15) is 9.90 Å². The molecular formula is C11H10N2O2. The molecule has 0 radical (unpaired) electrons. The number of aromatic hydroxyl groups is 1. The molecule has 0 heterocycles. The van der Waals surface area contributed by atoms with Crippen molar-refractivity contribution >= 4 is 22.7 Å². The molecule has 0 aliphatic rings. The summed E-state index contributed by atoms with van der Waals surface area (Å²) in [5, 5.41) is 11.3. The molecule has 0 aliphatic heterocycles. The van der Waals surface area contributed by atoms with E-state index in [2.05, 4.69) is 5.43 Å². The fourth-order valence-electron chi connectivity index (χ4n) is 1.59. The van der Waals surface area contributed by atoms with Crippen LogP contribution in [0, 0.1) is 0 Å². The van der Waals surface area contributed by atoms with Crippen LogP contribution in [0.2, 0.25) is 0 Å². The fraction of sp³-hybridized carbons (Fsp3) is 0. The Morgan fingerprint density at radius 1 is 1.33 bits per heavy atom. The molecule has 0 saturated heterocycles. The number of carbonyl (C=O) groups excluding carboxylic acids is 1. The zero-order chi connectivity index (χ0) is 10.8. The van der Waals surface area contributed by atoms with E-state index in [0.29, 0.717) is 17.4 Å². The third kappa shape index (κ3) is 1.41. The van der Waals surface area contributed by atoms with Gasteiger partial charge in [0.25, 0.3) is 0 Å². The molecule has 2 aromatic carbocycles. The summed E-state index contributed by atoms with van der Waals surface area (Å²) < 4.78 is 0. The van der Waals surface area contributed by atoms with Gasteiger partial charge in [0.05, 0.1) is 11.3 Å². The van der Waals surface area contributed by atoms with Crippen molar-refractivity contribution in [3.05, 3.63) is 35.9 Å². The quantitative estimate of drug-likeness (QED) is 0.299. The average Bonchev–Trinajstić information content (AvgIpc) is 2.28. The Kier molecular flexibility index (Phi) is 2.27. The Balaban J connectivity index is 2.89. The van der Waals surface area contributed by atoms with Crippen molar-refractivity contribution in [1.82, 2.24) is 0 Å². The minimum Gasteiger partial charge on any atom is -0.505 e. The van der Waals surface area contributed by atoms with Gasteiger partial charge in [0.2, 0.25) is 0 Å². The number of hydrogen-bond donors (Lipinski definition) is 3. The third-order valence-electron chi connectivity index (χ3n) is 2.33. The lowest BCUT2D eigenvalue weighted by Gasteiger charge is -2.09. The van der Waals surface area contributed by atoms with Crippen molar-refractivity contribution in [1.29, 1.82) is 0 Å². The van der Waals surface area contributed by atoms with Gasteiger partial charge in [-0.15, -0.1) is 0 Å². The number of aldehydes is 1. The molecule has 2 rings (SSSR count). The number of carbonyl (C=O) groups is 1. The summed E-state index contributed by atoms with van der Waals surface area (Å²) in [6, 6.07) is 8.98. The lowest BCUT2D eigenvalue weighted by molar-refractivity contribution is 0.112. The predicted octanol–water partition coefficient (Wildman–Crippen LogP) is 1.64. The normalized spacial score (nSPS) is 10.2. The van der Waals surface area contributed by atoms with Crippen molar-refractivity contribution in [3.63, 3.8) is 0 Å². The average molecular weight is 202 g/mol. The lowest BCUT2D eigenvalue weighted by atomic mass is 10.0. The highest BCUT2D eigenvalue weighted by atomic mass is 16.3. The van der Waals surface area contributed by atoms with Gasteiger partial charge in [-0.05, 0) is 16.8 Å². The summed E-state index contributed by atoms with van der Waals surface area (Å²) in [5.74, 6) is 5.12. The molecule has 0 bridgehead atoms. The van der Waals surface area contributed by atoms with Crippen molar-refractivity contribution in [2.45, 2.75) is 0 Å². The number of phenolic OH excluding ortho intramolecular Hbond substituents is 1. The van der Waals surface area contributed by atoms with Crippen molar-refractivity contribution < 1.29 is 9.90 Å². The molecule has 4 nitrogen and oxygen atoms in total. The summed E-state index contributed by atoms with van der Waals surface area (Å²) in [4.78, 5) is 10.9. The predicted molar refractivity (Wildman–Crippen MR) is 58.8 cm³/mol. The second-order valence-corrected chi connectivity index (χ2v) is 3.17. The molecule has 2 aromatic rings. The molecule has 0 unspecified atom stereocenters. The van der Waals surface area contributed by atoms with Gasteiger partial charge in [-0.3, -0.25) is 10.6 Å². The topological polar surface area (TPSA) is 75.3 Å². The Labute approximate surface area is 86.3 Å². The number of nitrogens with two attached hydrogens (primary N) is 1. The molecule has 76 valence electrons. The number of hydrazine groups is 1. The number of anilines is 1. The zero-order valence-corrected chi connectivity index (χ0v) is 7.90. The van der Waals surface area contributed by atoms with E-state index in [1.54, 1.807) is 12.1 Å². The van der Waals surface area contributed by atoms with Gasteiger partial charge in [0.15, 0.2) is 12.0 Å². The van der Waals surface area contributed by atoms with Crippen LogP contribution in [0.4, 0.5) is 5.69 Å². The molecule has 0 amide bonds. The molecule has 0 spiro atoms. The Hall–Kier alpha value is -2.07. The van der Waals surface area contributed by atoms with E-state index in [-0.39, 0.29) is 11.3 Å². The molecule has 0 atom stereocenters. The highest BCUT2D eigenvalue weighted by molar-refractivity contribution is 6.03. The first kappa shape index (κ1) is 9.48. The number of phenols is 1. The monoisotopic (exact) mass is 202 g/mol. The van der Waals surface area contributed by atoms with Crippen molar-refractivity contribution in [2.24, 2.45) is 5.84 Å². The van der Waals surface area contributed by atoms with Crippen LogP contribution in [-0.2, 0) is 0 Å². The second-order valence-electron chi connectivity index (χ2n) is 3.17. The smallest absolute Gasteiger partial charge is 0.154 e. The minimum absolute atomic E-state index is 0.119. The van der Waals surface area contributed by atoms with E-state index in [0.717, 1.165) is 5.39 Å². The first-order valence-electron chi connectivity index (χ1n) is 4.44. The highest BCUT2D eigenvalue weighted by Crippen LogP contribution is 2.32. The Bertz CT molecular complexity index is 523. The first-order chi connectivity index (χ1) is 7.27. The number of fused-ring (bicyclic) bond motifs is 1. The van der Waals surface area contributed by atoms with Gasteiger partial charge < -0.3 is 10.5 Å². The summed E-state index contributed by atoms with van der Waals surface area (Å²) >= 11 is 0. The van der Waals surface area contributed by atoms with Crippen molar-refractivity contribution in [2.75, 3.05) is 5.43 Å². The maximum absolute atomic E-state index is 10.9. The van der Waals surface area contributed by atoms with E-state index in [4.69, 9.17) is 5.84 Å². The Morgan fingerprint density at radius 2 is 2.07 bits per heavy atom. The van der Waals surface area contributed by atoms with Gasteiger partial charge in [0, 0.05) is 0 Å². The number of nitrogen functional groups attached to an aromatic ring is 1. The molecule has 4 N–H and O–H groups in total. The largest absolute Gasteiger partial charge is 0.505 e. The summed E-state index contributed by atoms with van der Waals surface area (Å²) in [7, 11) is 0. The van der Waals surface area contributed by atoms with Crippen LogP contribution < -0.4 is 11.3 Å². The van der Waals surface area contributed by atoms with E-state index in [1.807, 2.05) is 18.2 Å². The highest BCUT2D eigenvalue weighted by Gasteiger charge is 2.10. The second kappa shape index (κ2) is 3.59. The summed E-state index contributed by atoms with van der Waals surface area (Å²) in [6.07, 6.45) is 0.624. The number of hydrogen-bond acceptors (Lipinski definition) is 4. The zero-order valence-electron chi connectivity index (χ0n) is 7.90. The van der Waals surface area contributed by atoms with Gasteiger partial charge >= 0.3 is 0 Å². The van der Waals surface area contributed by atoms with Crippen LogP contribution in [0.1, 0.15) is 10.4 Å². The van der Waals surface area contributed by atoms with Crippen LogP contribution in [0.15, 0.2) is 30.3 Å². The lowest BCUT2D eigenvalue weighted by Crippen LogP contribution is -2.07. The SMILES string of the molecule is NNc1cc2ccccc2c(C=O)c1O. The molecular weight excluding hydrogens is 192 g/mol. The standard InChI is InChI=1S/C11H10N2O2/c12-13-10-5-7-3-1-2-4-8(7)9(6-14)11(10)15/h1-6,13,15H,12H2. The summed E-state index contributed by atoms with van der Waals surface area (Å²) in [5.41, 5.74) is 2.95. The molecule has 0 aliphatic carbocycles. The first-order valence-corrected chi connectivity index (χ1v) is 4.44. The Morgan fingerprint density at radius 3 is 2.73 bits per heavy atom. The van der Waals surface area contributed by atoms with Crippen LogP contribution in [0.3, 0.4) is 0 Å². The molecule has 0 fully saturated rings. The third-order valence-corrected chi connectivity index (χ3v) is 2.33. The molecule has 0 saturated carbocycles. The van der Waals surface area contributed by atoms with Crippen LogP contribution >= 0.6 is 0 Å². The van der Waals surface area contributed by atoms with Crippen LogP contribution in [0.25, 0.3) is 10.8 Å². The van der Waals surface area contributed by atoms with Gasteiger partial charge in [-0.2, -0.15) is 0 Å². The fourth-order valence-corrected chi connectivity index (χ4v) is 1.59. The van der Waals surface area contributed by atoms with E-state index >= 15 is 0 Å². The summed E-state index contributed by atoms with van der Waals surface area (Å²) in [6.45, 7) is 0. The van der Waals surface area contributed by atoms with Crippen molar-refractivity contribution in [3.8, 4) is 5.75 Å². The molecule has 4 heteroatoms. The van der Waals surface area contributed by atoms with Gasteiger partial charge in [0.1, 0.15) is 0 Å². The number of nitrogens with one attached hydrogen (secondary N) is 1. The molecule has 15 heavy (non-hydrogen) atoms.